The number of nitro groups is 1. The standard InChI is InChI=1S/C14H20N2O3/c1-11-6-7-12(16(17)18)10-14(11)15-8-9-19-13-4-2-3-5-13/h6-7,10,13,15H,2-5,8-9H2,1H3. The van der Waals surface area contributed by atoms with Gasteiger partial charge in [-0.1, -0.05) is 18.9 Å². The minimum absolute atomic E-state index is 0.116. The number of nitro benzene ring substituents is 1. The predicted molar refractivity (Wildman–Crippen MR) is 74.5 cm³/mol. The highest BCUT2D eigenvalue weighted by Gasteiger charge is 2.14. The number of nitrogens with one attached hydrogen (secondary N) is 1. The lowest BCUT2D eigenvalue weighted by atomic mass is 10.2. The number of aryl methyl sites for hydroxylation is 1. The Kier molecular flexibility index (Phi) is 4.74. The van der Waals surface area contributed by atoms with Crippen LogP contribution in [0.5, 0.6) is 0 Å². The molecule has 1 saturated carbocycles. The van der Waals surface area contributed by atoms with Crippen LogP contribution in [0.4, 0.5) is 11.4 Å². The van der Waals surface area contributed by atoms with Crippen LogP contribution in [0.15, 0.2) is 18.2 Å². The number of benzene rings is 1. The van der Waals surface area contributed by atoms with Gasteiger partial charge in [-0.2, -0.15) is 0 Å². The summed E-state index contributed by atoms with van der Waals surface area (Å²) in [6.45, 7) is 3.26. The lowest BCUT2D eigenvalue weighted by Crippen LogP contribution is -2.15. The summed E-state index contributed by atoms with van der Waals surface area (Å²) in [6, 6.07) is 4.86. The summed E-state index contributed by atoms with van der Waals surface area (Å²) in [5.41, 5.74) is 1.93. The molecule has 0 saturated heterocycles. The predicted octanol–water partition coefficient (Wildman–Crippen LogP) is 3.27. The largest absolute Gasteiger partial charge is 0.382 e. The number of hydrogen-bond donors (Lipinski definition) is 1. The monoisotopic (exact) mass is 264 g/mol. The van der Waals surface area contributed by atoms with E-state index in [-0.39, 0.29) is 10.6 Å². The van der Waals surface area contributed by atoms with Crippen LogP contribution in [-0.2, 0) is 4.74 Å². The first-order chi connectivity index (χ1) is 9.16. The Morgan fingerprint density at radius 2 is 2.16 bits per heavy atom. The van der Waals surface area contributed by atoms with Crippen LogP contribution >= 0.6 is 0 Å². The second-order valence-electron chi connectivity index (χ2n) is 4.96. The van der Waals surface area contributed by atoms with Crippen molar-refractivity contribution in [2.75, 3.05) is 18.5 Å². The quantitative estimate of drug-likeness (QED) is 0.486. The van der Waals surface area contributed by atoms with Crippen molar-refractivity contribution in [1.82, 2.24) is 0 Å². The molecule has 0 atom stereocenters. The molecule has 1 aliphatic rings. The minimum atomic E-state index is -0.375. The molecule has 1 aromatic carbocycles. The van der Waals surface area contributed by atoms with E-state index < -0.39 is 0 Å². The molecule has 19 heavy (non-hydrogen) atoms. The molecule has 0 spiro atoms. The molecular weight excluding hydrogens is 244 g/mol. The van der Waals surface area contributed by atoms with Gasteiger partial charge in [0.2, 0.25) is 0 Å². The lowest BCUT2D eigenvalue weighted by Gasteiger charge is -2.13. The molecule has 104 valence electrons. The zero-order valence-corrected chi connectivity index (χ0v) is 11.2. The van der Waals surface area contributed by atoms with Crippen molar-refractivity contribution < 1.29 is 9.66 Å². The van der Waals surface area contributed by atoms with Crippen molar-refractivity contribution in [2.24, 2.45) is 0 Å². The van der Waals surface area contributed by atoms with Gasteiger partial charge in [-0.25, -0.2) is 0 Å². The average Bonchev–Trinajstić information content (AvgIpc) is 2.89. The van der Waals surface area contributed by atoms with Crippen LogP contribution in [0.1, 0.15) is 31.2 Å². The molecule has 0 bridgehead atoms. The van der Waals surface area contributed by atoms with E-state index in [4.69, 9.17) is 4.74 Å². The Balaban J connectivity index is 1.81. The Morgan fingerprint density at radius 1 is 1.42 bits per heavy atom. The van der Waals surface area contributed by atoms with E-state index in [2.05, 4.69) is 5.32 Å². The molecule has 1 aliphatic carbocycles. The molecule has 0 unspecified atom stereocenters. The Labute approximate surface area is 113 Å². The summed E-state index contributed by atoms with van der Waals surface area (Å²) in [4.78, 5) is 10.3. The van der Waals surface area contributed by atoms with Gasteiger partial charge in [-0.05, 0) is 25.3 Å². The summed E-state index contributed by atoms with van der Waals surface area (Å²) in [5.74, 6) is 0. The normalized spacial score (nSPS) is 15.6. The zero-order chi connectivity index (χ0) is 13.7. The van der Waals surface area contributed by atoms with Crippen molar-refractivity contribution >= 4 is 11.4 Å². The second-order valence-corrected chi connectivity index (χ2v) is 4.96. The van der Waals surface area contributed by atoms with Crippen molar-refractivity contribution in [3.63, 3.8) is 0 Å². The van der Waals surface area contributed by atoms with Crippen LogP contribution in [-0.4, -0.2) is 24.2 Å². The van der Waals surface area contributed by atoms with E-state index in [0.29, 0.717) is 19.3 Å². The fraction of sp³-hybridized carbons (Fsp3) is 0.571. The molecule has 0 amide bonds. The van der Waals surface area contributed by atoms with Crippen molar-refractivity contribution in [1.29, 1.82) is 0 Å². The summed E-state index contributed by atoms with van der Waals surface area (Å²) in [5, 5.41) is 13.9. The van der Waals surface area contributed by atoms with Gasteiger partial charge in [0, 0.05) is 24.4 Å². The highest BCUT2D eigenvalue weighted by atomic mass is 16.6. The number of rotatable bonds is 6. The van der Waals surface area contributed by atoms with Crippen molar-refractivity contribution in [3.8, 4) is 0 Å². The van der Waals surface area contributed by atoms with E-state index in [1.165, 1.54) is 18.9 Å². The van der Waals surface area contributed by atoms with E-state index >= 15 is 0 Å². The van der Waals surface area contributed by atoms with Gasteiger partial charge >= 0.3 is 0 Å². The fourth-order valence-electron chi connectivity index (χ4n) is 2.38. The summed E-state index contributed by atoms with van der Waals surface area (Å²) < 4.78 is 5.75. The minimum Gasteiger partial charge on any atom is -0.382 e. The van der Waals surface area contributed by atoms with Crippen LogP contribution < -0.4 is 5.32 Å². The molecule has 1 N–H and O–H groups in total. The third-order valence-electron chi connectivity index (χ3n) is 3.51. The fourth-order valence-corrected chi connectivity index (χ4v) is 2.38. The van der Waals surface area contributed by atoms with E-state index in [0.717, 1.165) is 24.1 Å². The smallest absolute Gasteiger partial charge is 0.271 e. The van der Waals surface area contributed by atoms with E-state index in [1.807, 2.05) is 6.92 Å². The molecular formula is C14H20N2O3. The highest BCUT2D eigenvalue weighted by Crippen LogP contribution is 2.22. The third-order valence-corrected chi connectivity index (χ3v) is 3.51. The molecule has 1 fully saturated rings. The number of nitrogens with zero attached hydrogens (tertiary/aromatic N) is 1. The van der Waals surface area contributed by atoms with Gasteiger partial charge in [-0.3, -0.25) is 10.1 Å². The van der Waals surface area contributed by atoms with Crippen LogP contribution in [0.3, 0.4) is 0 Å². The first-order valence-electron chi connectivity index (χ1n) is 6.77. The lowest BCUT2D eigenvalue weighted by molar-refractivity contribution is -0.384. The van der Waals surface area contributed by atoms with Crippen LogP contribution in [0.25, 0.3) is 0 Å². The molecule has 1 aromatic rings. The Bertz CT molecular complexity index is 442. The summed E-state index contributed by atoms with van der Waals surface area (Å²) in [7, 11) is 0. The second kappa shape index (κ2) is 6.52. The summed E-state index contributed by atoms with van der Waals surface area (Å²) in [6.07, 6.45) is 5.27. The van der Waals surface area contributed by atoms with Gasteiger partial charge < -0.3 is 10.1 Å². The number of non-ortho nitro benzene ring substituents is 1. The molecule has 0 aliphatic heterocycles. The number of hydrogen-bond acceptors (Lipinski definition) is 4. The van der Waals surface area contributed by atoms with Crippen molar-refractivity contribution in [2.45, 2.75) is 38.7 Å². The van der Waals surface area contributed by atoms with Gasteiger partial charge in [0.05, 0.1) is 17.6 Å². The zero-order valence-electron chi connectivity index (χ0n) is 11.2. The van der Waals surface area contributed by atoms with Crippen LogP contribution in [0, 0.1) is 17.0 Å². The number of anilines is 1. The SMILES string of the molecule is Cc1ccc([N+](=O)[O-])cc1NCCOC1CCCC1. The molecule has 0 radical (unpaired) electrons. The highest BCUT2D eigenvalue weighted by molar-refractivity contribution is 5.56. The topological polar surface area (TPSA) is 64.4 Å². The van der Waals surface area contributed by atoms with Gasteiger partial charge in [-0.15, -0.1) is 0 Å². The van der Waals surface area contributed by atoms with E-state index in [9.17, 15) is 10.1 Å². The average molecular weight is 264 g/mol. The van der Waals surface area contributed by atoms with Gasteiger partial charge in [0.1, 0.15) is 0 Å². The first-order valence-corrected chi connectivity index (χ1v) is 6.77. The van der Waals surface area contributed by atoms with Gasteiger partial charge in [0.15, 0.2) is 0 Å². The first kappa shape index (κ1) is 13.8. The third kappa shape index (κ3) is 3.92. The maximum absolute atomic E-state index is 10.7. The van der Waals surface area contributed by atoms with E-state index in [1.54, 1.807) is 12.1 Å². The summed E-state index contributed by atoms with van der Waals surface area (Å²) >= 11 is 0. The maximum Gasteiger partial charge on any atom is 0.271 e. The molecule has 2 rings (SSSR count). The number of ether oxygens (including phenoxy) is 1. The molecule has 0 heterocycles. The Hall–Kier alpha value is -1.62. The molecule has 5 heteroatoms. The maximum atomic E-state index is 10.7. The van der Waals surface area contributed by atoms with Gasteiger partial charge in [0.25, 0.3) is 5.69 Å². The Morgan fingerprint density at radius 3 is 2.84 bits per heavy atom. The van der Waals surface area contributed by atoms with Crippen molar-refractivity contribution in [3.05, 3.63) is 33.9 Å². The molecule has 5 nitrogen and oxygen atoms in total. The molecule has 0 aromatic heterocycles. The van der Waals surface area contributed by atoms with Crippen LogP contribution in [0.2, 0.25) is 0 Å².